The van der Waals surface area contributed by atoms with Gasteiger partial charge in [0.2, 0.25) is 0 Å². The number of amides is 2. The van der Waals surface area contributed by atoms with Crippen LogP contribution in [0.1, 0.15) is 29.8 Å². The van der Waals surface area contributed by atoms with E-state index in [-0.39, 0.29) is 23.6 Å². The lowest BCUT2D eigenvalue weighted by Gasteiger charge is -2.43. The Balaban J connectivity index is 2.05. The summed E-state index contributed by atoms with van der Waals surface area (Å²) in [5, 5.41) is 0. The van der Waals surface area contributed by atoms with E-state index in [0.717, 1.165) is 5.56 Å². The molecule has 2 N–H and O–H groups in total. The third-order valence-corrected chi connectivity index (χ3v) is 5.92. The number of hydrogen-bond donors (Lipinski definition) is 2. The molecule has 0 unspecified atom stereocenters. The lowest BCUT2D eigenvalue weighted by molar-refractivity contribution is 0.0600. The molecule has 0 saturated carbocycles. The van der Waals surface area contributed by atoms with Crippen molar-refractivity contribution in [2.45, 2.75) is 26.4 Å². The maximum absolute atomic E-state index is 12.8. The van der Waals surface area contributed by atoms with Gasteiger partial charge in [-0.2, -0.15) is 10.6 Å². The fourth-order valence-corrected chi connectivity index (χ4v) is 3.86. The first-order chi connectivity index (χ1) is 11.7. The molecule has 0 aliphatic carbocycles. The standard InChI is InChI=1S/C17H26N2O5S/c1-13(2)19(17(21)18-8-10-25(22,23)11-9-18)12-14-4-6-15(7-5-14)16(20)24-3/h4-7,13,22-23H,8-12H2,1-3H3. The van der Waals surface area contributed by atoms with E-state index in [2.05, 4.69) is 4.74 Å². The van der Waals surface area contributed by atoms with Gasteiger partial charge < -0.3 is 14.5 Å². The molecule has 1 aliphatic rings. The van der Waals surface area contributed by atoms with Gasteiger partial charge in [0.25, 0.3) is 0 Å². The summed E-state index contributed by atoms with van der Waals surface area (Å²) in [5.74, 6) is 0.0763. The Hall–Kier alpha value is -1.77. The molecular weight excluding hydrogens is 344 g/mol. The van der Waals surface area contributed by atoms with Crippen LogP contribution < -0.4 is 0 Å². The molecule has 2 rings (SSSR count). The van der Waals surface area contributed by atoms with E-state index < -0.39 is 16.6 Å². The molecule has 140 valence electrons. The molecule has 0 atom stereocenters. The molecule has 2 amide bonds. The number of nitrogens with zero attached hydrogens (tertiary/aromatic N) is 2. The van der Waals surface area contributed by atoms with Gasteiger partial charge >= 0.3 is 12.0 Å². The smallest absolute Gasteiger partial charge is 0.337 e. The van der Waals surface area contributed by atoms with Crippen molar-refractivity contribution in [3.05, 3.63) is 35.4 Å². The monoisotopic (exact) mass is 370 g/mol. The average Bonchev–Trinajstić information content (AvgIpc) is 2.58. The van der Waals surface area contributed by atoms with Gasteiger partial charge in [0.1, 0.15) is 0 Å². The van der Waals surface area contributed by atoms with Crippen LogP contribution in [0, 0.1) is 0 Å². The molecule has 25 heavy (non-hydrogen) atoms. The van der Waals surface area contributed by atoms with Crippen molar-refractivity contribution in [2.75, 3.05) is 31.7 Å². The van der Waals surface area contributed by atoms with Gasteiger partial charge in [-0.1, -0.05) is 12.1 Å². The second-order valence-corrected chi connectivity index (χ2v) is 8.81. The minimum absolute atomic E-state index is 0.00457. The highest BCUT2D eigenvalue weighted by atomic mass is 32.3. The summed E-state index contributed by atoms with van der Waals surface area (Å²) >= 11 is 0. The van der Waals surface area contributed by atoms with Crippen LogP contribution >= 0.6 is 10.6 Å². The number of esters is 1. The molecule has 8 heteroatoms. The Bertz CT molecular complexity index is 608. The summed E-state index contributed by atoms with van der Waals surface area (Å²) in [4.78, 5) is 27.7. The van der Waals surface area contributed by atoms with E-state index in [1.54, 1.807) is 21.9 Å². The number of carbonyl (C=O) groups excluding carboxylic acids is 2. The van der Waals surface area contributed by atoms with Crippen LogP contribution in [-0.2, 0) is 11.3 Å². The molecule has 0 spiro atoms. The van der Waals surface area contributed by atoms with E-state index in [1.165, 1.54) is 7.11 Å². The molecule has 1 aromatic carbocycles. The third-order valence-electron chi connectivity index (χ3n) is 4.24. The van der Waals surface area contributed by atoms with E-state index in [0.29, 0.717) is 25.2 Å². The molecule has 0 radical (unpaired) electrons. The van der Waals surface area contributed by atoms with Crippen molar-refractivity contribution in [1.82, 2.24) is 9.80 Å². The van der Waals surface area contributed by atoms with Crippen LogP contribution in [-0.4, -0.2) is 68.7 Å². The number of rotatable bonds is 4. The first-order valence-electron chi connectivity index (χ1n) is 8.20. The number of urea groups is 1. The SMILES string of the molecule is COC(=O)c1ccc(CN(C(=O)N2CCS(O)(O)CC2)C(C)C)cc1. The normalized spacial score (nSPS) is 17.9. The summed E-state index contributed by atoms with van der Waals surface area (Å²) in [6, 6.07) is 6.86. The Labute approximate surface area is 149 Å². The van der Waals surface area contributed by atoms with Crippen molar-refractivity contribution in [3.63, 3.8) is 0 Å². The highest BCUT2D eigenvalue weighted by molar-refractivity contribution is 8.24. The van der Waals surface area contributed by atoms with Crippen LogP contribution in [0.3, 0.4) is 0 Å². The molecular formula is C17H26N2O5S. The quantitative estimate of drug-likeness (QED) is 0.796. The number of ether oxygens (including phenoxy) is 1. The van der Waals surface area contributed by atoms with Crippen molar-refractivity contribution in [1.29, 1.82) is 0 Å². The predicted octanol–water partition coefficient (Wildman–Crippen LogP) is 2.87. The van der Waals surface area contributed by atoms with Gasteiger partial charge in [0.15, 0.2) is 0 Å². The van der Waals surface area contributed by atoms with Crippen LogP contribution in [0.25, 0.3) is 0 Å². The number of hydrogen-bond acceptors (Lipinski definition) is 5. The van der Waals surface area contributed by atoms with Crippen LogP contribution in [0.2, 0.25) is 0 Å². The summed E-state index contributed by atoms with van der Waals surface area (Å²) in [5.41, 5.74) is 1.38. The molecule has 1 aromatic rings. The Morgan fingerprint density at radius 3 is 2.24 bits per heavy atom. The lowest BCUT2D eigenvalue weighted by Crippen LogP contribution is -2.50. The van der Waals surface area contributed by atoms with Crippen molar-refractivity contribution >= 4 is 22.6 Å². The van der Waals surface area contributed by atoms with Crippen LogP contribution in [0.4, 0.5) is 4.79 Å². The molecule has 0 bridgehead atoms. The Kier molecular flexibility index (Phi) is 6.31. The van der Waals surface area contributed by atoms with E-state index in [9.17, 15) is 18.7 Å². The van der Waals surface area contributed by atoms with E-state index in [1.807, 2.05) is 26.0 Å². The number of carbonyl (C=O) groups is 2. The van der Waals surface area contributed by atoms with Crippen molar-refractivity contribution in [2.24, 2.45) is 0 Å². The van der Waals surface area contributed by atoms with Gasteiger partial charge in [-0.3, -0.25) is 9.11 Å². The molecule has 1 aliphatic heterocycles. The van der Waals surface area contributed by atoms with E-state index >= 15 is 0 Å². The first-order valence-corrected chi connectivity index (χ1v) is 10.1. The largest absolute Gasteiger partial charge is 0.465 e. The molecule has 1 heterocycles. The van der Waals surface area contributed by atoms with Crippen LogP contribution in [0.15, 0.2) is 24.3 Å². The summed E-state index contributed by atoms with van der Waals surface area (Å²) in [7, 11) is -1.19. The van der Waals surface area contributed by atoms with Crippen LogP contribution in [0.5, 0.6) is 0 Å². The lowest BCUT2D eigenvalue weighted by atomic mass is 10.1. The molecule has 1 fully saturated rings. The molecule has 7 nitrogen and oxygen atoms in total. The Morgan fingerprint density at radius 1 is 1.20 bits per heavy atom. The fraction of sp³-hybridized carbons (Fsp3) is 0.529. The average molecular weight is 370 g/mol. The fourth-order valence-electron chi connectivity index (χ4n) is 2.63. The Morgan fingerprint density at radius 2 is 1.76 bits per heavy atom. The molecule has 1 saturated heterocycles. The minimum Gasteiger partial charge on any atom is -0.465 e. The summed E-state index contributed by atoms with van der Waals surface area (Å²) in [6.45, 7) is 5.01. The maximum Gasteiger partial charge on any atom is 0.337 e. The zero-order valence-electron chi connectivity index (χ0n) is 14.8. The second kappa shape index (κ2) is 8.07. The summed E-state index contributed by atoms with van der Waals surface area (Å²) < 4.78 is 24.1. The first kappa shape index (κ1) is 19.6. The van der Waals surface area contributed by atoms with Gasteiger partial charge in [-0.05, 0) is 31.5 Å². The van der Waals surface area contributed by atoms with Crippen molar-refractivity contribution < 1.29 is 23.4 Å². The second-order valence-electron chi connectivity index (χ2n) is 6.39. The highest BCUT2D eigenvalue weighted by Gasteiger charge is 2.29. The predicted molar refractivity (Wildman–Crippen MR) is 98.0 cm³/mol. The number of methoxy groups -OCH3 is 1. The third kappa shape index (κ3) is 5.10. The minimum atomic E-state index is -2.53. The molecule has 0 aromatic heterocycles. The zero-order valence-corrected chi connectivity index (χ0v) is 15.7. The zero-order chi connectivity index (χ0) is 18.6. The van der Waals surface area contributed by atoms with E-state index in [4.69, 9.17) is 0 Å². The van der Waals surface area contributed by atoms with Crippen molar-refractivity contribution in [3.8, 4) is 0 Å². The topological polar surface area (TPSA) is 90.3 Å². The maximum atomic E-state index is 12.8. The highest BCUT2D eigenvalue weighted by Crippen LogP contribution is 2.40. The van der Waals surface area contributed by atoms with Gasteiger partial charge in [0, 0.05) is 25.7 Å². The van der Waals surface area contributed by atoms with Gasteiger partial charge in [-0.25, -0.2) is 9.59 Å². The number of benzene rings is 1. The summed E-state index contributed by atoms with van der Waals surface area (Å²) in [6.07, 6.45) is 0. The van der Waals surface area contributed by atoms with Gasteiger partial charge in [-0.15, -0.1) is 0 Å². The van der Waals surface area contributed by atoms with Gasteiger partial charge in [0.05, 0.1) is 24.2 Å².